The van der Waals surface area contributed by atoms with E-state index in [2.05, 4.69) is 11.7 Å². The first-order valence-electron chi connectivity index (χ1n) is 5.43. The molecule has 0 bridgehead atoms. The quantitative estimate of drug-likeness (QED) is 0.726. The van der Waals surface area contributed by atoms with Crippen LogP contribution in [-0.2, 0) is 7.05 Å². The summed E-state index contributed by atoms with van der Waals surface area (Å²) in [6, 6.07) is 2.79. The number of rotatable bonds is 4. The smallest absolute Gasteiger partial charge is 0.274 e. The molecular weight excluding hydrogens is 218 g/mol. The van der Waals surface area contributed by atoms with E-state index in [9.17, 15) is 9.59 Å². The van der Waals surface area contributed by atoms with Crippen molar-refractivity contribution >= 4 is 5.91 Å². The fourth-order valence-electron chi connectivity index (χ4n) is 1.43. The minimum Gasteiger partial charge on any atom is -0.334 e. The van der Waals surface area contributed by atoms with Crippen LogP contribution in [0.2, 0.25) is 0 Å². The van der Waals surface area contributed by atoms with Gasteiger partial charge in [-0.3, -0.25) is 9.59 Å². The van der Waals surface area contributed by atoms with E-state index in [0.29, 0.717) is 13.1 Å². The highest BCUT2D eigenvalue weighted by atomic mass is 16.2. The van der Waals surface area contributed by atoms with Crippen molar-refractivity contribution in [3.05, 3.63) is 40.3 Å². The number of carbonyl (C=O) groups is 1. The van der Waals surface area contributed by atoms with E-state index in [1.165, 1.54) is 19.2 Å². The van der Waals surface area contributed by atoms with E-state index in [-0.39, 0.29) is 17.2 Å². The number of aromatic nitrogens is 2. The molecule has 1 heterocycles. The molecule has 1 amide bonds. The standard InChI is InChI=1S/C12H17N3O2/c1-5-15(8-9(2)3)12(17)10-6-7-11(16)14(4)13-10/h6-7H,2,5,8H2,1,3-4H3. The number of carbonyl (C=O) groups excluding carboxylic acids is 1. The molecule has 0 aliphatic rings. The van der Waals surface area contributed by atoms with Gasteiger partial charge in [0.05, 0.1) is 0 Å². The number of likely N-dealkylation sites (N-methyl/N-ethyl adjacent to an activating group) is 1. The Bertz CT molecular complexity index is 491. The van der Waals surface area contributed by atoms with Gasteiger partial charge < -0.3 is 4.90 Å². The molecule has 0 aromatic carbocycles. The topological polar surface area (TPSA) is 55.2 Å². The van der Waals surface area contributed by atoms with Crippen molar-refractivity contribution in [1.82, 2.24) is 14.7 Å². The molecule has 0 saturated carbocycles. The summed E-state index contributed by atoms with van der Waals surface area (Å²) in [6.07, 6.45) is 0. The Kier molecular flexibility index (Phi) is 4.20. The second kappa shape index (κ2) is 5.43. The van der Waals surface area contributed by atoms with Gasteiger partial charge in [0, 0.05) is 26.2 Å². The zero-order chi connectivity index (χ0) is 13.0. The zero-order valence-corrected chi connectivity index (χ0v) is 10.4. The molecule has 1 aromatic heterocycles. The molecule has 92 valence electrons. The largest absolute Gasteiger partial charge is 0.334 e. The van der Waals surface area contributed by atoms with Gasteiger partial charge in [-0.25, -0.2) is 4.68 Å². The lowest BCUT2D eigenvalue weighted by atomic mass is 10.2. The molecule has 0 saturated heterocycles. The molecular formula is C12H17N3O2. The average molecular weight is 235 g/mol. The number of nitrogens with zero attached hydrogens (tertiary/aromatic N) is 3. The van der Waals surface area contributed by atoms with Gasteiger partial charge in [-0.05, 0) is 19.9 Å². The minimum absolute atomic E-state index is 0.189. The third kappa shape index (κ3) is 3.27. The molecule has 5 heteroatoms. The van der Waals surface area contributed by atoms with Gasteiger partial charge in [-0.1, -0.05) is 12.2 Å². The lowest BCUT2D eigenvalue weighted by Gasteiger charge is -2.20. The van der Waals surface area contributed by atoms with Gasteiger partial charge in [0.15, 0.2) is 0 Å². The van der Waals surface area contributed by atoms with Crippen molar-refractivity contribution in [2.75, 3.05) is 13.1 Å². The summed E-state index contributed by atoms with van der Waals surface area (Å²) in [5.41, 5.74) is 0.949. The summed E-state index contributed by atoms with van der Waals surface area (Å²) in [5.74, 6) is -0.189. The van der Waals surface area contributed by atoms with Crippen LogP contribution in [0, 0.1) is 0 Å². The van der Waals surface area contributed by atoms with Crippen molar-refractivity contribution < 1.29 is 4.79 Å². The van der Waals surface area contributed by atoms with E-state index < -0.39 is 0 Å². The fourth-order valence-corrected chi connectivity index (χ4v) is 1.43. The maximum absolute atomic E-state index is 12.1. The number of hydrogen-bond acceptors (Lipinski definition) is 3. The summed E-state index contributed by atoms with van der Waals surface area (Å²) in [4.78, 5) is 24.9. The zero-order valence-electron chi connectivity index (χ0n) is 10.4. The van der Waals surface area contributed by atoms with Crippen molar-refractivity contribution in [3.8, 4) is 0 Å². The summed E-state index contributed by atoms with van der Waals surface area (Å²) in [6.45, 7) is 8.62. The highest BCUT2D eigenvalue weighted by Gasteiger charge is 2.15. The predicted molar refractivity (Wildman–Crippen MR) is 65.9 cm³/mol. The van der Waals surface area contributed by atoms with Crippen LogP contribution in [0.1, 0.15) is 24.3 Å². The van der Waals surface area contributed by atoms with Crippen LogP contribution in [0.4, 0.5) is 0 Å². The molecule has 0 N–H and O–H groups in total. The monoisotopic (exact) mass is 235 g/mol. The first-order valence-corrected chi connectivity index (χ1v) is 5.43. The first-order chi connectivity index (χ1) is 7.95. The maximum Gasteiger partial charge on any atom is 0.274 e. The Morgan fingerprint density at radius 3 is 2.65 bits per heavy atom. The van der Waals surface area contributed by atoms with E-state index in [1.54, 1.807) is 4.90 Å². The highest BCUT2D eigenvalue weighted by molar-refractivity contribution is 5.92. The molecule has 5 nitrogen and oxygen atoms in total. The minimum atomic E-state index is -0.232. The molecule has 0 aliphatic heterocycles. The summed E-state index contributed by atoms with van der Waals surface area (Å²) < 4.78 is 1.15. The van der Waals surface area contributed by atoms with Crippen molar-refractivity contribution in [2.45, 2.75) is 13.8 Å². The Morgan fingerprint density at radius 1 is 1.53 bits per heavy atom. The summed E-state index contributed by atoms with van der Waals surface area (Å²) in [5, 5.41) is 3.93. The molecule has 17 heavy (non-hydrogen) atoms. The van der Waals surface area contributed by atoms with Gasteiger partial charge >= 0.3 is 0 Å². The maximum atomic E-state index is 12.1. The van der Waals surface area contributed by atoms with Gasteiger partial charge in [-0.15, -0.1) is 0 Å². The van der Waals surface area contributed by atoms with Crippen molar-refractivity contribution in [3.63, 3.8) is 0 Å². The third-order valence-corrected chi connectivity index (χ3v) is 2.31. The van der Waals surface area contributed by atoms with Crippen LogP contribution in [-0.4, -0.2) is 33.7 Å². The van der Waals surface area contributed by atoms with E-state index in [1.807, 2.05) is 13.8 Å². The Labute approximate surface area is 100 Å². The second-order valence-corrected chi connectivity index (χ2v) is 3.96. The van der Waals surface area contributed by atoms with Crippen molar-refractivity contribution in [2.24, 2.45) is 7.05 Å². The van der Waals surface area contributed by atoms with Gasteiger partial charge in [-0.2, -0.15) is 5.10 Å². The second-order valence-electron chi connectivity index (χ2n) is 3.96. The van der Waals surface area contributed by atoms with Gasteiger partial charge in [0.1, 0.15) is 5.69 Å². The van der Waals surface area contributed by atoms with Gasteiger partial charge in [0.2, 0.25) is 0 Å². The highest BCUT2D eigenvalue weighted by Crippen LogP contribution is 2.02. The van der Waals surface area contributed by atoms with Crippen LogP contribution in [0.15, 0.2) is 29.1 Å². The van der Waals surface area contributed by atoms with Crippen LogP contribution in [0.3, 0.4) is 0 Å². The fraction of sp³-hybridized carbons (Fsp3) is 0.417. The molecule has 1 aromatic rings. The van der Waals surface area contributed by atoms with E-state index in [0.717, 1.165) is 10.3 Å². The average Bonchev–Trinajstić information content (AvgIpc) is 2.28. The molecule has 0 unspecified atom stereocenters. The molecule has 0 spiro atoms. The van der Waals surface area contributed by atoms with E-state index >= 15 is 0 Å². The number of hydrogen-bond donors (Lipinski definition) is 0. The van der Waals surface area contributed by atoms with E-state index in [4.69, 9.17) is 0 Å². The first kappa shape index (κ1) is 13.2. The van der Waals surface area contributed by atoms with Crippen LogP contribution in [0.5, 0.6) is 0 Å². The molecule has 0 fully saturated rings. The van der Waals surface area contributed by atoms with Crippen LogP contribution < -0.4 is 5.56 Å². The molecule has 0 radical (unpaired) electrons. The summed E-state index contributed by atoms with van der Waals surface area (Å²) in [7, 11) is 1.52. The molecule has 1 rings (SSSR count). The number of amides is 1. The van der Waals surface area contributed by atoms with Crippen LogP contribution >= 0.6 is 0 Å². The van der Waals surface area contributed by atoms with Crippen molar-refractivity contribution in [1.29, 1.82) is 0 Å². The number of aryl methyl sites for hydroxylation is 1. The Hall–Kier alpha value is -1.91. The molecule has 0 atom stereocenters. The third-order valence-electron chi connectivity index (χ3n) is 2.31. The van der Waals surface area contributed by atoms with Gasteiger partial charge in [0.25, 0.3) is 11.5 Å². The lowest BCUT2D eigenvalue weighted by molar-refractivity contribution is 0.0770. The normalized spacial score (nSPS) is 10.1. The SMILES string of the molecule is C=C(C)CN(CC)C(=O)c1ccc(=O)n(C)n1. The predicted octanol–water partition coefficient (Wildman–Crippen LogP) is 0.819. The lowest BCUT2D eigenvalue weighted by Crippen LogP contribution is -2.34. The Balaban J connectivity index is 2.97. The molecule has 0 aliphatic carbocycles. The van der Waals surface area contributed by atoms with Crippen LogP contribution in [0.25, 0.3) is 0 Å². The Morgan fingerprint density at radius 2 is 2.18 bits per heavy atom. The summed E-state index contributed by atoms with van der Waals surface area (Å²) >= 11 is 0.